The van der Waals surface area contributed by atoms with E-state index in [0.717, 1.165) is 11.3 Å². The highest BCUT2D eigenvalue weighted by Gasteiger charge is 2.21. The molecule has 1 atom stereocenters. The molecule has 0 bridgehead atoms. The summed E-state index contributed by atoms with van der Waals surface area (Å²) >= 11 is 0. The predicted octanol–water partition coefficient (Wildman–Crippen LogP) is 3.13. The van der Waals surface area contributed by atoms with E-state index in [4.69, 9.17) is 0 Å². The standard InChI is InChI=1S/C16H18N2O/c1-11-9-18-15(10-17-11)16(19)14-7-3-6-13(8-14)12-4-2-5-12/h3,6-10,12,16,19H,2,4-5H2,1H3. The number of aryl methyl sites for hydroxylation is 1. The summed E-state index contributed by atoms with van der Waals surface area (Å²) in [6, 6.07) is 8.24. The molecule has 1 aliphatic rings. The number of hydrogen-bond acceptors (Lipinski definition) is 3. The van der Waals surface area contributed by atoms with Crippen LogP contribution in [-0.4, -0.2) is 15.1 Å². The zero-order valence-corrected chi connectivity index (χ0v) is 11.1. The molecule has 3 rings (SSSR count). The lowest BCUT2D eigenvalue weighted by Crippen LogP contribution is -2.10. The smallest absolute Gasteiger partial charge is 0.123 e. The van der Waals surface area contributed by atoms with E-state index in [2.05, 4.69) is 22.1 Å². The van der Waals surface area contributed by atoms with Crippen molar-refractivity contribution in [3.05, 3.63) is 59.2 Å². The lowest BCUT2D eigenvalue weighted by atomic mass is 9.79. The number of aliphatic hydroxyl groups excluding tert-OH is 1. The zero-order valence-electron chi connectivity index (χ0n) is 11.1. The summed E-state index contributed by atoms with van der Waals surface area (Å²) in [6.07, 6.45) is 6.51. The fraction of sp³-hybridized carbons (Fsp3) is 0.375. The number of aliphatic hydroxyl groups is 1. The number of aromatic nitrogens is 2. The Kier molecular flexibility index (Phi) is 3.30. The maximum absolute atomic E-state index is 10.4. The number of nitrogens with zero attached hydrogens (tertiary/aromatic N) is 2. The van der Waals surface area contributed by atoms with E-state index in [0.29, 0.717) is 11.6 Å². The first-order valence-corrected chi connectivity index (χ1v) is 6.80. The van der Waals surface area contributed by atoms with Crippen molar-refractivity contribution in [3.8, 4) is 0 Å². The van der Waals surface area contributed by atoms with E-state index in [9.17, 15) is 5.11 Å². The SMILES string of the molecule is Cc1cnc(C(O)c2cccc(C3CCC3)c2)cn1. The van der Waals surface area contributed by atoms with Crippen molar-refractivity contribution < 1.29 is 5.11 Å². The van der Waals surface area contributed by atoms with Gasteiger partial charge in [0.1, 0.15) is 6.10 Å². The molecule has 19 heavy (non-hydrogen) atoms. The second kappa shape index (κ2) is 5.10. The molecule has 1 fully saturated rings. The largest absolute Gasteiger partial charge is 0.382 e. The third-order valence-electron chi connectivity index (χ3n) is 3.88. The molecule has 1 unspecified atom stereocenters. The molecule has 1 aromatic heterocycles. The summed E-state index contributed by atoms with van der Waals surface area (Å²) in [5, 5.41) is 10.4. The summed E-state index contributed by atoms with van der Waals surface area (Å²) in [5.41, 5.74) is 3.71. The van der Waals surface area contributed by atoms with Gasteiger partial charge in [0.25, 0.3) is 0 Å². The van der Waals surface area contributed by atoms with E-state index in [1.165, 1.54) is 24.8 Å². The minimum atomic E-state index is -0.687. The fourth-order valence-corrected chi connectivity index (χ4v) is 2.44. The van der Waals surface area contributed by atoms with Gasteiger partial charge in [-0.25, -0.2) is 0 Å². The van der Waals surface area contributed by atoms with Gasteiger partial charge in [0, 0.05) is 6.20 Å². The lowest BCUT2D eigenvalue weighted by molar-refractivity contribution is 0.214. The molecule has 1 aromatic carbocycles. The van der Waals surface area contributed by atoms with Gasteiger partial charge in [0.2, 0.25) is 0 Å². The van der Waals surface area contributed by atoms with E-state index in [-0.39, 0.29) is 0 Å². The molecule has 0 radical (unpaired) electrons. The minimum absolute atomic E-state index is 0.608. The Hall–Kier alpha value is -1.74. The first kappa shape index (κ1) is 12.3. The summed E-state index contributed by atoms with van der Waals surface area (Å²) in [4.78, 5) is 8.44. The van der Waals surface area contributed by atoms with Gasteiger partial charge in [-0.15, -0.1) is 0 Å². The Morgan fingerprint density at radius 1 is 1.21 bits per heavy atom. The second-order valence-corrected chi connectivity index (χ2v) is 5.28. The molecular weight excluding hydrogens is 236 g/mol. The van der Waals surface area contributed by atoms with Gasteiger partial charge in [-0.1, -0.05) is 30.7 Å². The van der Waals surface area contributed by atoms with Crippen molar-refractivity contribution in [1.29, 1.82) is 0 Å². The molecule has 3 heteroatoms. The van der Waals surface area contributed by atoms with Crippen molar-refractivity contribution in [1.82, 2.24) is 9.97 Å². The molecular formula is C16H18N2O. The van der Waals surface area contributed by atoms with Gasteiger partial charge >= 0.3 is 0 Å². The summed E-state index contributed by atoms with van der Waals surface area (Å²) in [5.74, 6) is 0.677. The zero-order chi connectivity index (χ0) is 13.2. The van der Waals surface area contributed by atoms with Crippen molar-refractivity contribution in [2.45, 2.75) is 38.2 Å². The Bertz CT molecular complexity index is 561. The molecule has 98 valence electrons. The van der Waals surface area contributed by atoms with E-state index in [1.807, 2.05) is 19.1 Å². The van der Waals surface area contributed by atoms with Crippen LogP contribution in [0.15, 0.2) is 36.7 Å². The fourth-order valence-electron chi connectivity index (χ4n) is 2.44. The second-order valence-electron chi connectivity index (χ2n) is 5.28. The summed E-state index contributed by atoms with van der Waals surface area (Å²) < 4.78 is 0. The highest BCUT2D eigenvalue weighted by atomic mass is 16.3. The van der Waals surface area contributed by atoms with Crippen LogP contribution < -0.4 is 0 Å². The molecule has 0 saturated heterocycles. The highest BCUT2D eigenvalue weighted by molar-refractivity contribution is 5.32. The number of rotatable bonds is 3. The highest BCUT2D eigenvalue weighted by Crippen LogP contribution is 2.37. The molecule has 1 heterocycles. The van der Waals surface area contributed by atoms with Crippen LogP contribution in [0.2, 0.25) is 0 Å². The molecule has 0 spiro atoms. The maximum atomic E-state index is 10.4. The normalized spacial score (nSPS) is 16.9. The van der Waals surface area contributed by atoms with E-state index < -0.39 is 6.10 Å². The van der Waals surface area contributed by atoms with Crippen LogP contribution in [0.3, 0.4) is 0 Å². The average molecular weight is 254 g/mol. The average Bonchev–Trinajstić information content (AvgIpc) is 2.37. The quantitative estimate of drug-likeness (QED) is 0.915. The van der Waals surface area contributed by atoms with Gasteiger partial charge in [-0.05, 0) is 36.8 Å². The van der Waals surface area contributed by atoms with Gasteiger partial charge in [0.15, 0.2) is 0 Å². The van der Waals surface area contributed by atoms with Gasteiger partial charge < -0.3 is 5.11 Å². The minimum Gasteiger partial charge on any atom is -0.382 e. The van der Waals surface area contributed by atoms with Gasteiger partial charge in [0.05, 0.1) is 17.6 Å². The van der Waals surface area contributed by atoms with Crippen LogP contribution in [0.5, 0.6) is 0 Å². The molecule has 1 aliphatic carbocycles. The van der Waals surface area contributed by atoms with Crippen molar-refractivity contribution >= 4 is 0 Å². The van der Waals surface area contributed by atoms with Crippen LogP contribution in [0.1, 0.15) is 53.8 Å². The molecule has 1 saturated carbocycles. The number of benzene rings is 1. The molecule has 3 nitrogen and oxygen atoms in total. The Morgan fingerprint density at radius 2 is 2.05 bits per heavy atom. The van der Waals surface area contributed by atoms with E-state index in [1.54, 1.807) is 12.4 Å². The maximum Gasteiger partial charge on any atom is 0.123 e. The molecule has 1 N–H and O–H groups in total. The van der Waals surface area contributed by atoms with Crippen molar-refractivity contribution in [2.24, 2.45) is 0 Å². The number of hydrogen-bond donors (Lipinski definition) is 1. The predicted molar refractivity (Wildman–Crippen MR) is 73.9 cm³/mol. The Balaban J connectivity index is 1.86. The van der Waals surface area contributed by atoms with Crippen LogP contribution in [0.25, 0.3) is 0 Å². The first-order valence-electron chi connectivity index (χ1n) is 6.80. The monoisotopic (exact) mass is 254 g/mol. The van der Waals surface area contributed by atoms with Crippen molar-refractivity contribution in [3.63, 3.8) is 0 Å². The first-order chi connectivity index (χ1) is 9.24. The summed E-state index contributed by atoms with van der Waals surface area (Å²) in [6.45, 7) is 1.89. The third-order valence-corrected chi connectivity index (χ3v) is 3.88. The molecule has 2 aromatic rings. The van der Waals surface area contributed by atoms with Gasteiger partial charge in [-0.2, -0.15) is 0 Å². The van der Waals surface area contributed by atoms with E-state index >= 15 is 0 Å². The lowest BCUT2D eigenvalue weighted by Gasteiger charge is -2.26. The molecule has 0 amide bonds. The third kappa shape index (κ3) is 2.51. The van der Waals surface area contributed by atoms with Crippen LogP contribution in [-0.2, 0) is 0 Å². The Morgan fingerprint density at radius 3 is 2.68 bits per heavy atom. The van der Waals surface area contributed by atoms with Crippen LogP contribution >= 0.6 is 0 Å². The molecule has 0 aliphatic heterocycles. The topological polar surface area (TPSA) is 46.0 Å². The van der Waals surface area contributed by atoms with Crippen LogP contribution in [0.4, 0.5) is 0 Å². The van der Waals surface area contributed by atoms with Crippen LogP contribution in [0, 0.1) is 6.92 Å². The summed E-state index contributed by atoms with van der Waals surface area (Å²) in [7, 11) is 0. The van der Waals surface area contributed by atoms with Gasteiger partial charge in [-0.3, -0.25) is 9.97 Å². The van der Waals surface area contributed by atoms with Crippen molar-refractivity contribution in [2.75, 3.05) is 0 Å². The Labute approximate surface area is 113 Å².